The van der Waals surface area contributed by atoms with E-state index in [4.69, 9.17) is 4.98 Å². The molecule has 1 aromatic heterocycles. The third kappa shape index (κ3) is 4.64. The van der Waals surface area contributed by atoms with Gasteiger partial charge in [-0.2, -0.15) is 0 Å². The molecular weight excluding hydrogens is 336 g/mol. The number of carbonyl (C=O) groups is 1. The zero-order chi connectivity index (χ0) is 19.3. The normalized spacial score (nSPS) is 11.5. The fraction of sp³-hybridized carbons (Fsp3) is 0.304. The number of unbranched alkanes of at least 4 members (excludes halogenated alkanes) is 1. The van der Waals surface area contributed by atoms with Gasteiger partial charge in [-0.1, -0.05) is 55.0 Å². The van der Waals surface area contributed by atoms with E-state index >= 15 is 0 Å². The Morgan fingerprint density at radius 2 is 1.74 bits per heavy atom. The first-order chi connectivity index (χ1) is 13.0. The standard InChI is InChI=1S/C23H26N2O2/c1-23(2,22(26)27)14-8-9-15-24-21-16-19(17-10-4-3-5-11-17)18-12-6-7-13-20(18)25-21/h3-7,10-13,16H,8-9,14-15H2,1-2H3,(H,24,25)(H,26,27). The summed E-state index contributed by atoms with van der Waals surface area (Å²) >= 11 is 0. The van der Waals surface area contributed by atoms with Crippen molar-refractivity contribution in [2.45, 2.75) is 33.1 Å². The third-order valence-electron chi connectivity index (χ3n) is 4.91. The van der Waals surface area contributed by atoms with Crippen molar-refractivity contribution >= 4 is 22.7 Å². The van der Waals surface area contributed by atoms with Gasteiger partial charge in [0.25, 0.3) is 0 Å². The number of benzene rings is 2. The number of nitrogens with one attached hydrogen (secondary N) is 1. The van der Waals surface area contributed by atoms with Crippen LogP contribution in [0.15, 0.2) is 60.7 Å². The predicted octanol–water partition coefficient (Wildman–Crippen LogP) is 5.59. The van der Waals surface area contributed by atoms with E-state index in [1.807, 2.05) is 36.4 Å². The summed E-state index contributed by atoms with van der Waals surface area (Å²) in [5.74, 6) is 0.115. The van der Waals surface area contributed by atoms with Crippen LogP contribution < -0.4 is 5.32 Å². The number of rotatable bonds is 8. The summed E-state index contributed by atoms with van der Waals surface area (Å²) in [6.45, 7) is 4.33. The molecule has 0 spiro atoms. The number of para-hydroxylation sites is 1. The highest BCUT2D eigenvalue weighted by Gasteiger charge is 2.25. The second-order valence-corrected chi connectivity index (χ2v) is 7.51. The maximum Gasteiger partial charge on any atom is 0.309 e. The van der Waals surface area contributed by atoms with Crippen LogP contribution in [0.1, 0.15) is 33.1 Å². The van der Waals surface area contributed by atoms with Crippen molar-refractivity contribution in [3.8, 4) is 11.1 Å². The van der Waals surface area contributed by atoms with Crippen LogP contribution in [0.4, 0.5) is 5.82 Å². The molecule has 0 unspecified atom stereocenters. The second-order valence-electron chi connectivity index (χ2n) is 7.51. The van der Waals surface area contributed by atoms with Gasteiger partial charge in [0, 0.05) is 11.9 Å². The van der Waals surface area contributed by atoms with E-state index in [9.17, 15) is 9.90 Å². The van der Waals surface area contributed by atoms with Gasteiger partial charge < -0.3 is 10.4 Å². The first-order valence-corrected chi connectivity index (χ1v) is 9.40. The van der Waals surface area contributed by atoms with Crippen LogP contribution in [0, 0.1) is 5.41 Å². The number of hydrogen-bond acceptors (Lipinski definition) is 3. The Balaban J connectivity index is 1.71. The molecule has 0 fully saturated rings. The van der Waals surface area contributed by atoms with E-state index < -0.39 is 11.4 Å². The summed E-state index contributed by atoms with van der Waals surface area (Å²) in [5.41, 5.74) is 2.63. The minimum absolute atomic E-state index is 0.665. The molecule has 2 aromatic carbocycles. The smallest absolute Gasteiger partial charge is 0.309 e. The SMILES string of the molecule is CC(C)(CCCCNc1cc(-c2ccccc2)c2ccccc2n1)C(=O)O. The zero-order valence-corrected chi connectivity index (χ0v) is 15.9. The van der Waals surface area contributed by atoms with Gasteiger partial charge >= 0.3 is 5.97 Å². The average molecular weight is 362 g/mol. The summed E-state index contributed by atoms with van der Waals surface area (Å²) in [6.07, 6.45) is 2.45. The Morgan fingerprint density at radius 1 is 1.04 bits per heavy atom. The van der Waals surface area contributed by atoms with Crippen molar-refractivity contribution in [1.82, 2.24) is 4.98 Å². The van der Waals surface area contributed by atoms with Crippen LogP contribution in [0.3, 0.4) is 0 Å². The summed E-state index contributed by atoms with van der Waals surface area (Å²) in [7, 11) is 0. The number of hydrogen-bond donors (Lipinski definition) is 2. The molecule has 4 heteroatoms. The summed E-state index contributed by atoms with van der Waals surface area (Å²) in [4.78, 5) is 15.9. The predicted molar refractivity (Wildman–Crippen MR) is 111 cm³/mol. The van der Waals surface area contributed by atoms with Gasteiger partial charge in [0.1, 0.15) is 5.82 Å². The van der Waals surface area contributed by atoms with Crippen LogP contribution >= 0.6 is 0 Å². The van der Waals surface area contributed by atoms with Crippen LogP contribution in [-0.2, 0) is 4.79 Å². The van der Waals surface area contributed by atoms with E-state index in [0.717, 1.165) is 41.7 Å². The number of aromatic nitrogens is 1. The molecule has 0 bridgehead atoms. The minimum atomic E-state index is -0.737. The van der Waals surface area contributed by atoms with Crippen LogP contribution in [0.25, 0.3) is 22.0 Å². The number of carboxylic acids is 1. The van der Waals surface area contributed by atoms with E-state index in [1.165, 1.54) is 5.56 Å². The van der Waals surface area contributed by atoms with Gasteiger partial charge in [-0.15, -0.1) is 0 Å². The average Bonchev–Trinajstić information content (AvgIpc) is 2.67. The number of fused-ring (bicyclic) bond motifs is 1. The quantitative estimate of drug-likeness (QED) is 0.512. The molecule has 1 heterocycles. The van der Waals surface area contributed by atoms with Crippen molar-refractivity contribution in [3.63, 3.8) is 0 Å². The first-order valence-electron chi connectivity index (χ1n) is 9.40. The van der Waals surface area contributed by atoms with Crippen molar-refractivity contribution in [3.05, 3.63) is 60.7 Å². The number of carboxylic acid groups (broad SMARTS) is 1. The van der Waals surface area contributed by atoms with E-state index in [-0.39, 0.29) is 0 Å². The Bertz CT molecular complexity index is 920. The molecule has 0 aliphatic heterocycles. The lowest BCUT2D eigenvalue weighted by atomic mass is 9.87. The lowest BCUT2D eigenvalue weighted by Crippen LogP contribution is -2.23. The summed E-state index contributed by atoms with van der Waals surface area (Å²) in [5, 5.41) is 13.7. The van der Waals surface area contributed by atoms with Crippen molar-refractivity contribution in [2.24, 2.45) is 5.41 Å². The molecule has 2 N–H and O–H groups in total. The highest BCUT2D eigenvalue weighted by Crippen LogP contribution is 2.30. The molecule has 4 nitrogen and oxygen atoms in total. The van der Waals surface area contributed by atoms with Gasteiger partial charge in [-0.25, -0.2) is 4.98 Å². The summed E-state index contributed by atoms with van der Waals surface area (Å²) in [6, 6.07) is 20.6. The summed E-state index contributed by atoms with van der Waals surface area (Å²) < 4.78 is 0. The number of nitrogens with zero attached hydrogens (tertiary/aromatic N) is 1. The van der Waals surface area contributed by atoms with Crippen molar-refractivity contribution in [1.29, 1.82) is 0 Å². The van der Waals surface area contributed by atoms with Crippen molar-refractivity contribution < 1.29 is 9.90 Å². The highest BCUT2D eigenvalue weighted by atomic mass is 16.4. The van der Waals surface area contributed by atoms with E-state index in [1.54, 1.807) is 13.8 Å². The lowest BCUT2D eigenvalue weighted by molar-refractivity contribution is -0.147. The molecule has 0 aliphatic rings. The fourth-order valence-electron chi connectivity index (χ4n) is 3.14. The molecular formula is C23H26N2O2. The molecule has 27 heavy (non-hydrogen) atoms. The van der Waals surface area contributed by atoms with Gasteiger partial charge in [-0.3, -0.25) is 4.79 Å². The molecule has 3 aromatic rings. The zero-order valence-electron chi connectivity index (χ0n) is 15.9. The molecule has 0 radical (unpaired) electrons. The third-order valence-corrected chi connectivity index (χ3v) is 4.91. The highest BCUT2D eigenvalue weighted by molar-refractivity contribution is 5.96. The van der Waals surface area contributed by atoms with Gasteiger partial charge in [0.2, 0.25) is 0 Å². The van der Waals surface area contributed by atoms with Crippen LogP contribution in [0.5, 0.6) is 0 Å². The monoisotopic (exact) mass is 362 g/mol. The molecule has 140 valence electrons. The van der Waals surface area contributed by atoms with Gasteiger partial charge in [0.15, 0.2) is 0 Å². The van der Waals surface area contributed by atoms with Gasteiger partial charge in [-0.05, 0) is 49.9 Å². The second kappa shape index (κ2) is 8.21. The maximum atomic E-state index is 11.2. The molecule has 0 aliphatic carbocycles. The topological polar surface area (TPSA) is 62.2 Å². The van der Waals surface area contributed by atoms with Crippen LogP contribution in [-0.4, -0.2) is 22.6 Å². The minimum Gasteiger partial charge on any atom is -0.481 e. The van der Waals surface area contributed by atoms with Crippen LogP contribution in [0.2, 0.25) is 0 Å². The maximum absolute atomic E-state index is 11.2. The number of pyridine rings is 1. The number of anilines is 1. The largest absolute Gasteiger partial charge is 0.481 e. The molecule has 0 saturated carbocycles. The van der Waals surface area contributed by atoms with Gasteiger partial charge in [0.05, 0.1) is 10.9 Å². The Kier molecular flexibility index (Phi) is 5.75. The molecule has 3 rings (SSSR count). The fourth-order valence-corrected chi connectivity index (χ4v) is 3.14. The first kappa shape index (κ1) is 18.9. The molecule has 0 saturated heterocycles. The Hall–Kier alpha value is -2.88. The Morgan fingerprint density at radius 3 is 2.48 bits per heavy atom. The molecule has 0 amide bonds. The van der Waals surface area contributed by atoms with E-state index in [0.29, 0.717) is 6.42 Å². The Labute approximate surface area is 160 Å². The number of aliphatic carboxylic acids is 1. The van der Waals surface area contributed by atoms with Crippen molar-refractivity contribution in [2.75, 3.05) is 11.9 Å². The molecule has 0 atom stereocenters. The van der Waals surface area contributed by atoms with E-state index in [2.05, 4.69) is 29.6 Å². The lowest BCUT2D eigenvalue weighted by Gasteiger charge is -2.18.